The number of rotatable bonds is 12. The molecule has 5 rings (SSSR count). The maximum absolute atomic E-state index is 13.9. The second kappa shape index (κ2) is 15.5. The van der Waals surface area contributed by atoms with E-state index in [1.165, 1.54) is 0 Å². The Balaban J connectivity index is 1.25. The Hall–Kier alpha value is -5.17. The van der Waals surface area contributed by atoms with E-state index >= 15 is 0 Å². The minimum absolute atomic E-state index is 0.0564. The molecule has 0 aliphatic carbocycles. The zero-order chi connectivity index (χ0) is 31.4. The molecule has 4 aromatic carbocycles. The van der Waals surface area contributed by atoms with Crippen molar-refractivity contribution < 1.29 is 24.2 Å². The molecule has 9 heteroatoms. The molecule has 1 saturated heterocycles. The number of nitriles is 1. The predicted octanol–water partition coefficient (Wildman–Crippen LogP) is 5.33. The minimum atomic E-state index is -1.28. The SMILES string of the molecule is N#Cc1ccc(OC[C@@H]2CNC[C@@H](CCc3ccccc3NC(=O)C(NC(=O)O)C(c3ccccc3)c3ccccc3)O2)cc1. The van der Waals surface area contributed by atoms with E-state index < -0.39 is 24.0 Å². The molecule has 2 amide bonds. The van der Waals surface area contributed by atoms with Gasteiger partial charge in [0, 0.05) is 24.7 Å². The highest BCUT2D eigenvalue weighted by Gasteiger charge is 2.33. The topological polar surface area (TPSA) is 133 Å². The third-order valence-electron chi connectivity index (χ3n) is 7.77. The highest BCUT2D eigenvalue weighted by atomic mass is 16.5. The number of hydrogen-bond acceptors (Lipinski definition) is 6. The maximum atomic E-state index is 13.9. The molecule has 4 aromatic rings. The molecule has 1 aliphatic rings. The molecule has 1 unspecified atom stereocenters. The fourth-order valence-corrected chi connectivity index (χ4v) is 5.58. The standard InChI is InChI=1S/C36H36N4O5/c37-21-25-15-18-29(19-16-25)44-24-31-23-38-22-30(45-31)20-17-26-9-7-8-14-32(26)39-35(41)34(40-36(42)43)33(27-10-3-1-4-11-27)28-12-5-2-6-13-28/h1-16,18-19,30-31,33-34,38,40H,17,20,22-24H2,(H,39,41)(H,42,43)/t30-,31+,34?/m1/s1. The summed E-state index contributed by atoms with van der Waals surface area (Å²) in [6.45, 7) is 1.74. The van der Waals surface area contributed by atoms with Gasteiger partial charge in [0.15, 0.2) is 0 Å². The number of morpholine rings is 1. The predicted molar refractivity (Wildman–Crippen MR) is 171 cm³/mol. The summed E-state index contributed by atoms with van der Waals surface area (Å²) >= 11 is 0. The molecular weight excluding hydrogens is 568 g/mol. The monoisotopic (exact) mass is 604 g/mol. The first-order valence-electron chi connectivity index (χ1n) is 15.0. The van der Waals surface area contributed by atoms with Crippen molar-refractivity contribution >= 4 is 17.7 Å². The van der Waals surface area contributed by atoms with Crippen LogP contribution >= 0.6 is 0 Å². The molecule has 1 fully saturated rings. The first-order chi connectivity index (χ1) is 22.0. The van der Waals surface area contributed by atoms with Crippen LogP contribution in [0, 0.1) is 11.3 Å². The highest BCUT2D eigenvalue weighted by Crippen LogP contribution is 2.30. The number of hydrogen-bond donors (Lipinski definition) is 4. The summed E-state index contributed by atoms with van der Waals surface area (Å²) in [6, 6.07) is 34.4. The van der Waals surface area contributed by atoms with E-state index in [-0.39, 0.29) is 12.2 Å². The lowest BCUT2D eigenvalue weighted by Gasteiger charge is -2.31. The summed E-state index contributed by atoms with van der Waals surface area (Å²) in [5.41, 5.74) is 3.78. The summed E-state index contributed by atoms with van der Waals surface area (Å²) in [4.78, 5) is 25.8. The van der Waals surface area contributed by atoms with E-state index in [2.05, 4.69) is 22.0 Å². The van der Waals surface area contributed by atoms with Gasteiger partial charge in [0.25, 0.3) is 0 Å². The molecule has 0 bridgehead atoms. The number of para-hydroxylation sites is 1. The van der Waals surface area contributed by atoms with Gasteiger partial charge in [0.2, 0.25) is 5.91 Å². The summed E-state index contributed by atoms with van der Waals surface area (Å²) in [7, 11) is 0. The van der Waals surface area contributed by atoms with Crippen molar-refractivity contribution in [2.75, 3.05) is 25.0 Å². The van der Waals surface area contributed by atoms with Gasteiger partial charge < -0.3 is 30.5 Å². The third-order valence-corrected chi connectivity index (χ3v) is 7.77. The summed E-state index contributed by atoms with van der Waals surface area (Å²) in [6.07, 6.45) is -0.117. The number of anilines is 1. The molecule has 230 valence electrons. The molecule has 3 atom stereocenters. The Morgan fingerprint density at radius 1 is 0.889 bits per heavy atom. The lowest BCUT2D eigenvalue weighted by molar-refractivity contribution is -0.118. The van der Waals surface area contributed by atoms with Crippen molar-refractivity contribution in [3.63, 3.8) is 0 Å². The minimum Gasteiger partial charge on any atom is -0.491 e. The average molecular weight is 605 g/mol. The Morgan fingerprint density at radius 2 is 1.51 bits per heavy atom. The number of nitrogens with zero attached hydrogens (tertiary/aromatic N) is 1. The number of carboxylic acid groups (broad SMARTS) is 1. The molecule has 0 aromatic heterocycles. The lowest BCUT2D eigenvalue weighted by atomic mass is 9.84. The average Bonchev–Trinajstić information content (AvgIpc) is 3.08. The number of benzene rings is 4. The fourth-order valence-electron chi connectivity index (χ4n) is 5.58. The Morgan fingerprint density at radius 3 is 2.16 bits per heavy atom. The van der Waals surface area contributed by atoms with Gasteiger partial charge in [-0.2, -0.15) is 5.26 Å². The second-order valence-electron chi connectivity index (χ2n) is 10.9. The van der Waals surface area contributed by atoms with Crippen LogP contribution in [-0.2, 0) is 16.0 Å². The molecule has 1 heterocycles. The van der Waals surface area contributed by atoms with E-state index in [0.29, 0.717) is 49.5 Å². The zero-order valence-corrected chi connectivity index (χ0v) is 24.8. The van der Waals surface area contributed by atoms with Crippen molar-refractivity contribution in [1.82, 2.24) is 10.6 Å². The highest BCUT2D eigenvalue weighted by molar-refractivity contribution is 5.98. The van der Waals surface area contributed by atoms with Crippen LogP contribution < -0.4 is 20.7 Å². The fraction of sp³-hybridized carbons (Fsp3) is 0.250. The molecule has 1 aliphatic heterocycles. The zero-order valence-electron chi connectivity index (χ0n) is 24.8. The van der Waals surface area contributed by atoms with Gasteiger partial charge in [0.1, 0.15) is 24.5 Å². The van der Waals surface area contributed by atoms with Crippen LogP contribution in [0.2, 0.25) is 0 Å². The van der Waals surface area contributed by atoms with Crippen LogP contribution in [-0.4, -0.2) is 55.1 Å². The van der Waals surface area contributed by atoms with Crippen LogP contribution in [0.15, 0.2) is 109 Å². The third kappa shape index (κ3) is 8.70. The first kappa shape index (κ1) is 31.3. The first-order valence-corrected chi connectivity index (χ1v) is 15.0. The van der Waals surface area contributed by atoms with Crippen molar-refractivity contribution in [2.24, 2.45) is 0 Å². The van der Waals surface area contributed by atoms with E-state index in [1.807, 2.05) is 84.9 Å². The van der Waals surface area contributed by atoms with Crippen LogP contribution in [0.4, 0.5) is 10.5 Å². The van der Waals surface area contributed by atoms with Crippen LogP contribution in [0.25, 0.3) is 0 Å². The van der Waals surface area contributed by atoms with Gasteiger partial charge in [-0.3, -0.25) is 4.79 Å². The summed E-state index contributed by atoms with van der Waals surface area (Å²) in [5.74, 6) is -0.305. The van der Waals surface area contributed by atoms with Gasteiger partial charge in [-0.25, -0.2) is 4.79 Å². The van der Waals surface area contributed by atoms with Crippen LogP contribution in [0.5, 0.6) is 5.75 Å². The van der Waals surface area contributed by atoms with Crippen molar-refractivity contribution in [2.45, 2.75) is 37.0 Å². The maximum Gasteiger partial charge on any atom is 0.405 e. The van der Waals surface area contributed by atoms with Crippen molar-refractivity contribution in [3.8, 4) is 11.8 Å². The number of aryl methyl sites for hydroxylation is 1. The summed E-state index contributed by atoms with van der Waals surface area (Å²) in [5, 5.41) is 27.6. The quantitative estimate of drug-likeness (QED) is 0.172. The van der Waals surface area contributed by atoms with Crippen LogP contribution in [0.3, 0.4) is 0 Å². The molecule has 45 heavy (non-hydrogen) atoms. The van der Waals surface area contributed by atoms with Crippen molar-refractivity contribution in [1.29, 1.82) is 5.26 Å². The van der Waals surface area contributed by atoms with E-state index in [9.17, 15) is 14.7 Å². The molecule has 0 spiro atoms. The Bertz CT molecular complexity index is 1550. The molecular formula is C36H36N4O5. The van der Waals surface area contributed by atoms with Crippen molar-refractivity contribution in [3.05, 3.63) is 131 Å². The lowest BCUT2D eigenvalue weighted by Crippen LogP contribution is -2.47. The van der Waals surface area contributed by atoms with Gasteiger partial charge in [-0.1, -0.05) is 78.9 Å². The van der Waals surface area contributed by atoms with E-state index in [4.69, 9.17) is 14.7 Å². The molecule has 9 nitrogen and oxygen atoms in total. The van der Waals surface area contributed by atoms with E-state index in [1.54, 1.807) is 24.3 Å². The van der Waals surface area contributed by atoms with Gasteiger partial charge in [-0.15, -0.1) is 0 Å². The van der Waals surface area contributed by atoms with E-state index in [0.717, 1.165) is 16.7 Å². The molecule has 4 N–H and O–H groups in total. The van der Waals surface area contributed by atoms with Crippen LogP contribution in [0.1, 0.15) is 34.6 Å². The largest absolute Gasteiger partial charge is 0.491 e. The normalized spacial score (nSPS) is 16.7. The van der Waals surface area contributed by atoms with Gasteiger partial charge >= 0.3 is 6.09 Å². The summed E-state index contributed by atoms with van der Waals surface area (Å²) < 4.78 is 12.2. The number of amides is 2. The smallest absolute Gasteiger partial charge is 0.405 e. The van der Waals surface area contributed by atoms with Gasteiger partial charge in [-0.05, 0) is 59.9 Å². The molecule has 0 radical (unpaired) electrons. The molecule has 0 saturated carbocycles. The Labute approximate surface area is 262 Å². The second-order valence-corrected chi connectivity index (χ2v) is 10.9. The number of ether oxygens (including phenoxy) is 2. The van der Waals surface area contributed by atoms with Gasteiger partial charge in [0.05, 0.1) is 17.7 Å². The number of carbonyl (C=O) groups is 2. The Kier molecular flexibility index (Phi) is 10.8. The number of nitrogens with one attached hydrogen (secondary N) is 3. The number of carbonyl (C=O) groups excluding carboxylic acids is 1.